The van der Waals surface area contributed by atoms with E-state index in [1.165, 1.54) is 0 Å². The quantitative estimate of drug-likeness (QED) is 0.858. The predicted molar refractivity (Wildman–Crippen MR) is 91.9 cm³/mol. The molecule has 1 aromatic heterocycles. The molecular formula is C16H19BrN4O2. The van der Waals surface area contributed by atoms with E-state index >= 15 is 0 Å². The van der Waals surface area contributed by atoms with Crippen LogP contribution in [0.3, 0.4) is 0 Å². The van der Waals surface area contributed by atoms with E-state index in [2.05, 4.69) is 45.3 Å². The van der Waals surface area contributed by atoms with Crippen molar-refractivity contribution in [2.45, 2.75) is 20.3 Å². The van der Waals surface area contributed by atoms with E-state index in [-0.39, 0.29) is 24.2 Å². The van der Waals surface area contributed by atoms with Gasteiger partial charge >= 0.3 is 0 Å². The smallest absolute Gasteiger partial charge is 0.231 e. The summed E-state index contributed by atoms with van der Waals surface area (Å²) in [4.78, 5) is 26.2. The molecule has 0 radical (unpaired) electrons. The number of fused-ring (bicyclic) bond motifs is 1. The molecule has 2 aromatic rings. The van der Waals surface area contributed by atoms with Gasteiger partial charge in [-0.15, -0.1) is 0 Å². The van der Waals surface area contributed by atoms with Crippen LogP contribution in [-0.4, -0.2) is 40.0 Å². The summed E-state index contributed by atoms with van der Waals surface area (Å²) < 4.78 is 0.942. The number of hydrogen-bond donors (Lipinski definition) is 2. The summed E-state index contributed by atoms with van der Waals surface area (Å²) >= 11 is 3.40. The molecule has 3 rings (SSSR count). The summed E-state index contributed by atoms with van der Waals surface area (Å²) in [5, 5.41) is 10.8. The van der Waals surface area contributed by atoms with Crippen LogP contribution in [0.1, 0.15) is 20.3 Å². The van der Waals surface area contributed by atoms with Crippen molar-refractivity contribution in [3.05, 3.63) is 22.7 Å². The Balaban J connectivity index is 1.70. The topological polar surface area (TPSA) is 78.1 Å². The van der Waals surface area contributed by atoms with Crippen LogP contribution >= 0.6 is 15.9 Å². The van der Waals surface area contributed by atoms with Gasteiger partial charge in [0.25, 0.3) is 0 Å². The molecule has 0 saturated carbocycles. The van der Waals surface area contributed by atoms with Crippen LogP contribution < -0.4 is 5.32 Å². The van der Waals surface area contributed by atoms with Crippen LogP contribution in [0.2, 0.25) is 0 Å². The molecule has 1 aliphatic rings. The Bertz CT molecular complexity index is 756. The number of hydrogen-bond acceptors (Lipinski definition) is 3. The molecule has 2 N–H and O–H groups in total. The zero-order chi connectivity index (χ0) is 16.6. The van der Waals surface area contributed by atoms with Gasteiger partial charge in [-0.3, -0.25) is 14.7 Å². The Labute approximate surface area is 142 Å². The van der Waals surface area contributed by atoms with E-state index < -0.39 is 0 Å². The number of carbonyl (C=O) groups is 2. The van der Waals surface area contributed by atoms with Gasteiger partial charge in [0.2, 0.25) is 11.8 Å². The van der Waals surface area contributed by atoms with Crippen molar-refractivity contribution in [3.8, 4) is 0 Å². The second-order valence-electron chi connectivity index (χ2n) is 6.34. The van der Waals surface area contributed by atoms with Crippen LogP contribution in [0.4, 0.5) is 5.82 Å². The normalized spacial score (nSPS) is 18.2. The monoisotopic (exact) mass is 378 g/mol. The fraction of sp³-hybridized carbons (Fsp3) is 0.438. The number of carbonyl (C=O) groups excluding carboxylic acids is 2. The molecule has 1 aliphatic heterocycles. The molecule has 2 heterocycles. The number of aromatic nitrogens is 2. The average molecular weight is 379 g/mol. The number of H-pyrrole nitrogens is 1. The minimum atomic E-state index is -0.316. The Morgan fingerprint density at radius 1 is 1.52 bits per heavy atom. The standard InChI is InChI=1S/C16H19BrN4O2/c1-9(2)7-21-8-10(5-14(21)22)16(23)18-15-12-4-3-11(17)6-13(12)19-20-15/h3-4,6,9-10H,5,7-8H2,1-2H3,(H2,18,19,20,23)/t10-/m1/s1. The van der Waals surface area contributed by atoms with Crippen LogP contribution in [-0.2, 0) is 9.59 Å². The van der Waals surface area contributed by atoms with E-state index in [0.717, 1.165) is 15.4 Å². The lowest BCUT2D eigenvalue weighted by molar-refractivity contribution is -0.128. The molecule has 0 spiro atoms. The van der Waals surface area contributed by atoms with Gasteiger partial charge in [0.05, 0.1) is 11.4 Å². The third-order valence-corrected chi connectivity index (χ3v) is 4.43. The van der Waals surface area contributed by atoms with Gasteiger partial charge in [0.1, 0.15) is 0 Å². The summed E-state index contributed by atoms with van der Waals surface area (Å²) in [7, 11) is 0. The maximum Gasteiger partial charge on any atom is 0.231 e. The number of amides is 2. The SMILES string of the molecule is CC(C)CN1C[C@H](C(=O)Nc2n[nH]c3cc(Br)ccc23)CC1=O. The Hall–Kier alpha value is -1.89. The number of likely N-dealkylation sites (tertiary alicyclic amines) is 1. The molecule has 1 fully saturated rings. The highest BCUT2D eigenvalue weighted by Crippen LogP contribution is 2.26. The van der Waals surface area contributed by atoms with Gasteiger partial charge in [-0.05, 0) is 24.1 Å². The van der Waals surface area contributed by atoms with Gasteiger partial charge in [-0.1, -0.05) is 29.8 Å². The lowest BCUT2D eigenvalue weighted by Gasteiger charge is -2.18. The number of benzene rings is 1. The van der Waals surface area contributed by atoms with Crippen molar-refractivity contribution in [3.63, 3.8) is 0 Å². The third-order valence-electron chi connectivity index (χ3n) is 3.94. The zero-order valence-electron chi connectivity index (χ0n) is 13.1. The minimum Gasteiger partial charge on any atom is -0.342 e. The summed E-state index contributed by atoms with van der Waals surface area (Å²) in [6, 6.07) is 5.70. The second-order valence-corrected chi connectivity index (χ2v) is 7.26. The molecule has 0 unspecified atom stereocenters. The number of rotatable bonds is 4. The first-order chi connectivity index (χ1) is 10.9. The number of nitrogens with one attached hydrogen (secondary N) is 2. The van der Waals surface area contributed by atoms with E-state index in [9.17, 15) is 9.59 Å². The van der Waals surface area contributed by atoms with Gasteiger partial charge in [0, 0.05) is 29.4 Å². The number of aromatic amines is 1. The molecule has 6 nitrogen and oxygen atoms in total. The Morgan fingerprint density at radius 2 is 2.30 bits per heavy atom. The fourth-order valence-electron chi connectivity index (χ4n) is 2.87. The van der Waals surface area contributed by atoms with Gasteiger partial charge < -0.3 is 10.2 Å². The number of nitrogens with zero attached hydrogens (tertiary/aromatic N) is 2. The van der Waals surface area contributed by atoms with Crippen molar-refractivity contribution in [2.24, 2.45) is 11.8 Å². The van der Waals surface area contributed by atoms with E-state index in [4.69, 9.17) is 0 Å². The Kier molecular flexibility index (Phi) is 4.39. The molecule has 1 atom stereocenters. The molecular weight excluding hydrogens is 360 g/mol. The number of halogens is 1. The minimum absolute atomic E-state index is 0.0506. The zero-order valence-corrected chi connectivity index (χ0v) is 14.7. The van der Waals surface area contributed by atoms with Crippen LogP contribution in [0.25, 0.3) is 10.9 Å². The highest BCUT2D eigenvalue weighted by atomic mass is 79.9. The lowest BCUT2D eigenvalue weighted by atomic mass is 10.1. The molecule has 2 amide bonds. The first-order valence-electron chi connectivity index (χ1n) is 7.66. The molecule has 0 aliphatic carbocycles. The maximum absolute atomic E-state index is 12.4. The van der Waals surface area contributed by atoms with E-state index in [1.807, 2.05) is 18.2 Å². The molecule has 23 heavy (non-hydrogen) atoms. The van der Waals surface area contributed by atoms with Gasteiger partial charge in [-0.2, -0.15) is 5.10 Å². The van der Waals surface area contributed by atoms with Crippen LogP contribution in [0.15, 0.2) is 22.7 Å². The van der Waals surface area contributed by atoms with Crippen molar-refractivity contribution < 1.29 is 9.59 Å². The summed E-state index contributed by atoms with van der Waals surface area (Å²) in [5.41, 5.74) is 0.846. The largest absolute Gasteiger partial charge is 0.342 e. The highest BCUT2D eigenvalue weighted by Gasteiger charge is 2.34. The van der Waals surface area contributed by atoms with Crippen molar-refractivity contribution >= 4 is 44.5 Å². The molecule has 1 aromatic carbocycles. The average Bonchev–Trinajstić information content (AvgIpc) is 3.03. The van der Waals surface area contributed by atoms with Crippen molar-refractivity contribution in [1.82, 2.24) is 15.1 Å². The second kappa shape index (κ2) is 6.31. The van der Waals surface area contributed by atoms with E-state index in [1.54, 1.807) is 4.90 Å². The summed E-state index contributed by atoms with van der Waals surface area (Å²) in [6.07, 6.45) is 0.270. The molecule has 7 heteroatoms. The third kappa shape index (κ3) is 3.39. The molecule has 0 bridgehead atoms. The first-order valence-corrected chi connectivity index (χ1v) is 8.45. The van der Waals surface area contributed by atoms with Crippen molar-refractivity contribution in [2.75, 3.05) is 18.4 Å². The number of anilines is 1. The summed E-state index contributed by atoms with van der Waals surface area (Å²) in [6.45, 7) is 5.31. The Morgan fingerprint density at radius 3 is 3.04 bits per heavy atom. The molecule has 1 saturated heterocycles. The fourth-order valence-corrected chi connectivity index (χ4v) is 3.23. The van der Waals surface area contributed by atoms with E-state index in [0.29, 0.717) is 24.8 Å². The van der Waals surface area contributed by atoms with Crippen LogP contribution in [0, 0.1) is 11.8 Å². The van der Waals surface area contributed by atoms with Crippen molar-refractivity contribution in [1.29, 1.82) is 0 Å². The van der Waals surface area contributed by atoms with Gasteiger partial charge in [-0.25, -0.2) is 0 Å². The van der Waals surface area contributed by atoms with Gasteiger partial charge in [0.15, 0.2) is 5.82 Å². The maximum atomic E-state index is 12.4. The first kappa shape index (κ1) is 16.0. The highest BCUT2D eigenvalue weighted by molar-refractivity contribution is 9.10. The summed E-state index contributed by atoms with van der Waals surface area (Å²) in [5.74, 6) is 0.487. The predicted octanol–water partition coefficient (Wildman–Crippen LogP) is 2.77. The lowest BCUT2D eigenvalue weighted by Crippen LogP contribution is -2.31. The van der Waals surface area contributed by atoms with Crippen LogP contribution in [0.5, 0.6) is 0 Å². The molecule has 122 valence electrons.